The number of hydrogen-bond donors (Lipinski definition) is 2. The first-order valence-corrected chi connectivity index (χ1v) is 8.27. The molecule has 0 fully saturated rings. The van der Waals surface area contributed by atoms with Crippen molar-refractivity contribution in [3.05, 3.63) is 33.9 Å². The molecule has 0 aliphatic carbocycles. The zero-order valence-electron chi connectivity index (χ0n) is 13.6. The molecular weight excluding hydrogens is 302 g/mol. The number of anilines is 1. The summed E-state index contributed by atoms with van der Waals surface area (Å²) in [7, 11) is 0. The second kappa shape index (κ2) is 7.49. The lowest BCUT2D eigenvalue weighted by Crippen LogP contribution is -2.30. The summed E-state index contributed by atoms with van der Waals surface area (Å²) in [6, 6.07) is 4.47. The number of nitrogens with one attached hydrogen (secondary N) is 2. The first kappa shape index (κ1) is 18.3. The Morgan fingerprint density at radius 2 is 2.05 bits per heavy atom. The van der Waals surface area contributed by atoms with Gasteiger partial charge < -0.3 is 10.6 Å². The molecule has 0 unspecified atom stereocenters. The molecule has 0 spiro atoms. The van der Waals surface area contributed by atoms with E-state index >= 15 is 0 Å². The molecule has 0 aliphatic rings. The number of hydrogen-bond acceptors (Lipinski definition) is 5. The second-order valence-electron chi connectivity index (χ2n) is 5.93. The molecule has 1 rings (SSSR count). The van der Waals surface area contributed by atoms with Crippen LogP contribution in [0.25, 0.3) is 0 Å². The van der Waals surface area contributed by atoms with E-state index < -0.39 is 4.92 Å². The Morgan fingerprint density at radius 3 is 2.55 bits per heavy atom. The highest BCUT2D eigenvalue weighted by Gasteiger charge is 2.21. The summed E-state index contributed by atoms with van der Waals surface area (Å²) in [6.07, 6.45) is 2.00. The van der Waals surface area contributed by atoms with Crippen molar-refractivity contribution in [3.63, 3.8) is 0 Å². The maximum atomic E-state index is 11.9. The average molecular weight is 325 g/mol. The molecule has 1 aromatic carbocycles. The number of thioether (sulfide) groups is 1. The molecule has 0 radical (unpaired) electrons. The lowest BCUT2D eigenvalue weighted by atomic mass is 10.1. The van der Waals surface area contributed by atoms with Crippen molar-refractivity contribution in [3.8, 4) is 0 Å². The highest BCUT2D eigenvalue weighted by molar-refractivity contribution is 7.99. The molecule has 22 heavy (non-hydrogen) atoms. The monoisotopic (exact) mass is 325 g/mol. The van der Waals surface area contributed by atoms with Gasteiger partial charge in [0, 0.05) is 29.0 Å². The molecule has 7 heteroatoms. The van der Waals surface area contributed by atoms with Crippen molar-refractivity contribution in [2.75, 3.05) is 18.1 Å². The molecule has 0 saturated carbocycles. The van der Waals surface area contributed by atoms with Crippen LogP contribution in [0.4, 0.5) is 11.4 Å². The Labute approximate surface area is 135 Å². The number of rotatable bonds is 7. The molecule has 0 atom stereocenters. The van der Waals surface area contributed by atoms with Crippen molar-refractivity contribution >= 4 is 29.0 Å². The summed E-state index contributed by atoms with van der Waals surface area (Å²) in [6.45, 7) is 8.38. The van der Waals surface area contributed by atoms with Gasteiger partial charge >= 0.3 is 0 Å². The number of nitro groups is 1. The summed E-state index contributed by atoms with van der Waals surface area (Å²) < 4.78 is -0.0401. The predicted octanol–water partition coefficient (Wildman–Crippen LogP) is 3.29. The van der Waals surface area contributed by atoms with Gasteiger partial charge in [-0.2, -0.15) is 11.8 Å². The molecule has 0 aromatic heterocycles. The van der Waals surface area contributed by atoms with Gasteiger partial charge in [0.2, 0.25) is 0 Å². The fourth-order valence-corrected chi connectivity index (χ4v) is 1.92. The molecular formula is C15H23N3O3S. The van der Waals surface area contributed by atoms with E-state index in [0.29, 0.717) is 12.2 Å². The second-order valence-corrected chi connectivity index (χ2v) is 7.45. The molecule has 0 saturated heterocycles. The van der Waals surface area contributed by atoms with Crippen molar-refractivity contribution in [2.24, 2.45) is 0 Å². The Morgan fingerprint density at radius 1 is 1.41 bits per heavy atom. The smallest absolute Gasteiger partial charge is 0.293 e. The summed E-state index contributed by atoms with van der Waals surface area (Å²) in [5.74, 6) is -0.311. The standard InChI is InChI=1S/C15H23N3O3S/c1-10(2)17-14(19)11-6-7-12(13(8-11)18(20)21)16-9-15(3,4)22-5/h6-8,10,16H,9H2,1-5H3,(H,17,19). The lowest BCUT2D eigenvalue weighted by Gasteiger charge is -2.22. The minimum absolute atomic E-state index is 0.0215. The van der Waals surface area contributed by atoms with Gasteiger partial charge in [-0.05, 0) is 46.1 Å². The quantitative estimate of drug-likeness (QED) is 0.593. The summed E-state index contributed by atoms with van der Waals surface area (Å²) in [4.78, 5) is 22.7. The Bertz CT molecular complexity index is 559. The van der Waals surface area contributed by atoms with Crippen LogP contribution in [-0.4, -0.2) is 34.4 Å². The molecule has 2 N–H and O–H groups in total. The van der Waals surface area contributed by atoms with E-state index in [9.17, 15) is 14.9 Å². The van der Waals surface area contributed by atoms with E-state index in [0.717, 1.165) is 0 Å². The normalized spacial score (nSPS) is 11.4. The first-order valence-electron chi connectivity index (χ1n) is 7.04. The lowest BCUT2D eigenvalue weighted by molar-refractivity contribution is -0.384. The van der Waals surface area contributed by atoms with Crippen LogP contribution >= 0.6 is 11.8 Å². The van der Waals surface area contributed by atoms with E-state index in [-0.39, 0.29) is 27.9 Å². The third-order valence-electron chi connectivity index (χ3n) is 3.13. The van der Waals surface area contributed by atoms with Crippen LogP contribution in [0, 0.1) is 10.1 Å². The van der Waals surface area contributed by atoms with Crippen LogP contribution in [0.5, 0.6) is 0 Å². The van der Waals surface area contributed by atoms with E-state index in [4.69, 9.17) is 0 Å². The summed E-state index contributed by atoms with van der Waals surface area (Å²) in [5.41, 5.74) is 0.622. The Balaban J connectivity index is 3.00. The van der Waals surface area contributed by atoms with Gasteiger partial charge in [-0.1, -0.05) is 0 Å². The van der Waals surface area contributed by atoms with Crippen molar-refractivity contribution in [1.29, 1.82) is 0 Å². The Kier molecular flexibility index (Phi) is 6.22. The van der Waals surface area contributed by atoms with Gasteiger partial charge in [0.1, 0.15) is 5.69 Å². The highest BCUT2D eigenvalue weighted by Crippen LogP contribution is 2.28. The van der Waals surface area contributed by atoms with E-state index in [1.54, 1.807) is 23.9 Å². The fourth-order valence-electron chi connectivity index (χ4n) is 1.70. The molecule has 1 amide bonds. The SMILES string of the molecule is CSC(C)(C)CNc1ccc(C(=O)NC(C)C)cc1[N+](=O)[O-]. The van der Waals surface area contributed by atoms with E-state index in [1.165, 1.54) is 6.07 Å². The minimum atomic E-state index is -0.472. The molecule has 0 bridgehead atoms. The number of nitro benzene ring substituents is 1. The van der Waals surface area contributed by atoms with Gasteiger partial charge in [0.25, 0.3) is 11.6 Å². The van der Waals surface area contributed by atoms with Crippen LogP contribution in [0.1, 0.15) is 38.1 Å². The van der Waals surface area contributed by atoms with Crippen LogP contribution in [0.2, 0.25) is 0 Å². The molecule has 122 valence electrons. The van der Waals surface area contributed by atoms with Crippen molar-refractivity contribution in [1.82, 2.24) is 5.32 Å². The van der Waals surface area contributed by atoms with Gasteiger partial charge in [-0.15, -0.1) is 0 Å². The maximum Gasteiger partial charge on any atom is 0.293 e. The van der Waals surface area contributed by atoms with Crippen LogP contribution in [0.15, 0.2) is 18.2 Å². The van der Waals surface area contributed by atoms with E-state index in [2.05, 4.69) is 24.5 Å². The highest BCUT2D eigenvalue weighted by atomic mass is 32.2. The summed E-state index contributed by atoms with van der Waals surface area (Å²) >= 11 is 1.68. The van der Waals surface area contributed by atoms with Gasteiger partial charge in [-0.25, -0.2) is 0 Å². The zero-order valence-corrected chi connectivity index (χ0v) is 14.4. The van der Waals surface area contributed by atoms with Crippen LogP contribution in [-0.2, 0) is 0 Å². The van der Waals surface area contributed by atoms with Gasteiger partial charge in [0.05, 0.1) is 4.92 Å². The summed E-state index contributed by atoms with van der Waals surface area (Å²) in [5, 5.41) is 17.1. The molecule has 6 nitrogen and oxygen atoms in total. The molecule has 1 aromatic rings. The maximum absolute atomic E-state index is 11.9. The number of carbonyl (C=O) groups excluding carboxylic acids is 1. The van der Waals surface area contributed by atoms with Gasteiger partial charge in [-0.3, -0.25) is 14.9 Å². The van der Waals surface area contributed by atoms with Crippen molar-refractivity contribution in [2.45, 2.75) is 38.5 Å². The zero-order chi connectivity index (χ0) is 16.9. The van der Waals surface area contributed by atoms with Crippen LogP contribution < -0.4 is 10.6 Å². The first-order chi connectivity index (χ1) is 10.2. The van der Waals surface area contributed by atoms with E-state index in [1.807, 2.05) is 20.1 Å². The predicted molar refractivity (Wildman–Crippen MR) is 91.8 cm³/mol. The number of carbonyl (C=O) groups is 1. The number of nitrogens with zero attached hydrogens (tertiary/aromatic N) is 1. The number of amides is 1. The van der Waals surface area contributed by atoms with Gasteiger partial charge in [0.15, 0.2) is 0 Å². The fraction of sp³-hybridized carbons (Fsp3) is 0.533. The van der Waals surface area contributed by atoms with Crippen molar-refractivity contribution < 1.29 is 9.72 Å². The average Bonchev–Trinajstić information content (AvgIpc) is 2.44. The molecule has 0 aliphatic heterocycles. The topological polar surface area (TPSA) is 84.3 Å². The number of benzene rings is 1. The molecule has 0 heterocycles. The Hall–Kier alpha value is -1.76. The minimum Gasteiger partial charge on any atom is -0.378 e. The third kappa shape index (κ3) is 5.22. The largest absolute Gasteiger partial charge is 0.378 e. The van der Waals surface area contributed by atoms with Crippen LogP contribution in [0.3, 0.4) is 0 Å². The third-order valence-corrected chi connectivity index (χ3v) is 4.38.